The van der Waals surface area contributed by atoms with E-state index in [4.69, 9.17) is 0 Å². The number of hydrogen-bond donors (Lipinski definition) is 3. The number of carbonyl (C=O) groups excluding carboxylic acids is 1. The molecule has 0 aromatic carbocycles. The van der Waals surface area contributed by atoms with E-state index < -0.39 is 10.0 Å². The van der Waals surface area contributed by atoms with Gasteiger partial charge >= 0.3 is 0 Å². The molecule has 3 N–H and O–H groups in total. The average Bonchev–Trinajstić information content (AvgIpc) is 2.24. The van der Waals surface area contributed by atoms with Gasteiger partial charge in [0.25, 0.3) is 0 Å². The Morgan fingerprint density at radius 1 is 1.29 bits per heavy atom. The highest BCUT2D eigenvalue weighted by molar-refractivity contribution is 7.89. The fourth-order valence-corrected chi connectivity index (χ4v) is 1.68. The summed E-state index contributed by atoms with van der Waals surface area (Å²) in [5.74, 6) is -0.144. The predicted molar refractivity (Wildman–Crippen MR) is 70.8 cm³/mol. The molecule has 1 atom stereocenters. The molecule has 0 saturated heterocycles. The summed E-state index contributed by atoms with van der Waals surface area (Å²) in [4.78, 5) is 11.4. The van der Waals surface area contributed by atoms with Crippen LogP contribution in [-0.2, 0) is 14.8 Å². The van der Waals surface area contributed by atoms with E-state index in [1.165, 1.54) is 0 Å². The van der Waals surface area contributed by atoms with Crippen molar-refractivity contribution < 1.29 is 13.2 Å². The van der Waals surface area contributed by atoms with Crippen LogP contribution in [0.2, 0.25) is 0 Å². The van der Waals surface area contributed by atoms with Crippen LogP contribution < -0.4 is 15.4 Å². The largest absolute Gasteiger partial charge is 0.355 e. The molecule has 104 valence electrons. The molecule has 0 bridgehead atoms. The standard InChI is InChI=1S/C9H21N3O3S.ClH/c1-4-16(14,15)12-6-5-11-9(13)8(2)7-10-3;/h8,10,12H,4-7H2,1-3H3,(H,11,13);1H. The molecule has 0 saturated carbocycles. The summed E-state index contributed by atoms with van der Waals surface area (Å²) in [7, 11) is -1.38. The van der Waals surface area contributed by atoms with Gasteiger partial charge in [-0.25, -0.2) is 13.1 Å². The number of carbonyl (C=O) groups is 1. The summed E-state index contributed by atoms with van der Waals surface area (Å²) in [5.41, 5.74) is 0. The summed E-state index contributed by atoms with van der Waals surface area (Å²) in [6.45, 7) is 4.52. The predicted octanol–water partition coefficient (Wildman–Crippen LogP) is -0.681. The molecular formula is C9H22ClN3O3S. The van der Waals surface area contributed by atoms with Crippen LogP contribution >= 0.6 is 12.4 Å². The van der Waals surface area contributed by atoms with Gasteiger partial charge in [0.15, 0.2) is 0 Å². The van der Waals surface area contributed by atoms with E-state index in [0.717, 1.165) is 0 Å². The Balaban J connectivity index is 0. The lowest BCUT2D eigenvalue weighted by Crippen LogP contribution is -2.39. The molecule has 1 unspecified atom stereocenters. The van der Waals surface area contributed by atoms with Gasteiger partial charge < -0.3 is 10.6 Å². The average molecular weight is 288 g/mol. The van der Waals surface area contributed by atoms with Crippen molar-refractivity contribution in [3.8, 4) is 0 Å². The summed E-state index contributed by atoms with van der Waals surface area (Å²) < 4.78 is 24.5. The minimum atomic E-state index is -3.16. The normalized spacial score (nSPS) is 12.6. The Kier molecular flexibility index (Phi) is 10.8. The molecule has 8 heteroatoms. The first-order chi connectivity index (χ1) is 7.43. The van der Waals surface area contributed by atoms with Crippen LogP contribution in [-0.4, -0.2) is 46.8 Å². The first kappa shape index (κ1) is 19.0. The van der Waals surface area contributed by atoms with E-state index >= 15 is 0 Å². The van der Waals surface area contributed by atoms with Gasteiger partial charge in [0.2, 0.25) is 15.9 Å². The van der Waals surface area contributed by atoms with Crippen molar-refractivity contribution in [3.63, 3.8) is 0 Å². The number of amides is 1. The fourth-order valence-electron chi connectivity index (χ4n) is 1.07. The second-order valence-corrected chi connectivity index (χ2v) is 5.64. The monoisotopic (exact) mass is 287 g/mol. The maximum absolute atomic E-state index is 11.4. The lowest BCUT2D eigenvalue weighted by molar-refractivity contribution is -0.124. The second-order valence-electron chi connectivity index (χ2n) is 3.55. The summed E-state index contributed by atoms with van der Waals surface area (Å²) in [6.07, 6.45) is 0. The van der Waals surface area contributed by atoms with Gasteiger partial charge in [-0.3, -0.25) is 4.79 Å². The molecule has 17 heavy (non-hydrogen) atoms. The Bertz CT molecular complexity index is 309. The molecular weight excluding hydrogens is 266 g/mol. The Morgan fingerprint density at radius 2 is 1.88 bits per heavy atom. The van der Waals surface area contributed by atoms with Gasteiger partial charge in [-0.15, -0.1) is 12.4 Å². The summed E-state index contributed by atoms with van der Waals surface area (Å²) in [5, 5.41) is 5.56. The second kappa shape index (κ2) is 9.64. The molecule has 0 spiro atoms. The van der Waals surface area contributed by atoms with Crippen molar-refractivity contribution in [2.24, 2.45) is 5.92 Å². The molecule has 0 aromatic rings. The SMILES string of the molecule is CCS(=O)(=O)NCCNC(=O)C(C)CNC.Cl. The van der Waals surface area contributed by atoms with E-state index in [1.54, 1.807) is 14.0 Å². The summed E-state index contributed by atoms with van der Waals surface area (Å²) in [6, 6.07) is 0. The molecule has 0 aromatic heterocycles. The number of hydrogen-bond acceptors (Lipinski definition) is 4. The van der Waals surface area contributed by atoms with Crippen molar-refractivity contribution in [3.05, 3.63) is 0 Å². The molecule has 1 amide bonds. The van der Waals surface area contributed by atoms with Crippen LogP contribution in [0.25, 0.3) is 0 Å². The Hall–Kier alpha value is -0.370. The molecule has 0 radical (unpaired) electrons. The van der Waals surface area contributed by atoms with Gasteiger partial charge in [0, 0.05) is 25.6 Å². The Labute approximate surface area is 109 Å². The van der Waals surface area contributed by atoms with Crippen molar-refractivity contribution in [2.75, 3.05) is 32.4 Å². The van der Waals surface area contributed by atoms with Gasteiger partial charge in [-0.1, -0.05) is 6.92 Å². The number of sulfonamides is 1. The van der Waals surface area contributed by atoms with E-state index in [1.807, 2.05) is 6.92 Å². The van der Waals surface area contributed by atoms with Crippen molar-refractivity contribution >= 4 is 28.3 Å². The van der Waals surface area contributed by atoms with Gasteiger partial charge in [-0.2, -0.15) is 0 Å². The minimum Gasteiger partial charge on any atom is -0.355 e. The van der Waals surface area contributed by atoms with Gasteiger partial charge in [0.05, 0.1) is 5.75 Å². The van der Waals surface area contributed by atoms with Crippen LogP contribution in [0.1, 0.15) is 13.8 Å². The lowest BCUT2D eigenvalue weighted by atomic mass is 10.1. The van der Waals surface area contributed by atoms with E-state index in [2.05, 4.69) is 15.4 Å². The number of rotatable bonds is 8. The minimum absolute atomic E-state index is 0. The zero-order valence-corrected chi connectivity index (χ0v) is 12.1. The van der Waals surface area contributed by atoms with E-state index in [9.17, 15) is 13.2 Å². The third-order valence-corrected chi connectivity index (χ3v) is 3.49. The van der Waals surface area contributed by atoms with Crippen LogP contribution in [0.4, 0.5) is 0 Å². The van der Waals surface area contributed by atoms with Crippen molar-refractivity contribution in [1.82, 2.24) is 15.4 Å². The van der Waals surface area contributed by atoms with Crippen LogP contribution in [0, 0.1) is 5.92 Å². The third kappa shape index (κ3) is 9.34. The highest BCUT2D eigenvalue weighted by atomic mass is 35.5. The maximum atomic E-state index is 11.4. The highest BCUT2D eigenvalue weighted by Gasteiger charge is 2.11. The molecule has 0 fully saturated rings. The van der Waals surface area contributed by atoms with E-state index in [-0.39, 0.29) is 36.5 Å². The van der Waals surface area contributed by atoms with Crippen LogP contribution in [0.15, 0.2) is 0 Å². The zero-order valence-electron chi connectivity index (χ0n) is 10.4. The molecule has 0 heterocycles. The maximum Gasteiger partial charge on any atom is 0.224 e. The van der Waals surface area contributed by atoms with Crippen molar-refractivity contribution in [2.45, 2.75) is 13.8 Å². The summed E-state index contributed by atoms with van der Waals surface area (Å²) >= 11 is 0. The van der Waals surface area contributed by atoms with Gasteiger partial charge in [0.1, 0.15) is 0 Å². The quantitative estimate of drug-likeness (QED) is 0.516. The zero-order chi connectivity index (χ0) is 12.6. The number of nitrogens with one attached hydrogen (secondary N) is 3. The fraction of sp³-hybridized carbons (Fsp3) is 0.889. The number of halogens is 1. The molecule has 0 aliphatic carbocycles. The third-order valence-electron chi connectivity index (χ3n) is 2.08. The lowest BCUT2D eigenvalue weighted by Gasteiger charge is -2.11. The first-order valence-electron chi connectivity index (χ1n) is 5.32. The molecule has 0 aliphatic rings. The Morgan fingerprint density at radius 3 is 2.35 bits per heavy atom. The van der Waals surface area contributed by atoms with Crippen LogP contribution in [0.3, 0.4) is 0 Å². The molecule has 6 nitrogen and oxygen atoms in total. The molecule has 0 rings (SSSR count). The van der Waals surface area contributed by atoms with Crippen molar-refractivity contribution in [1.29, 1.82) is 0 Å². The van der Waals surface area contributed by atoms with Crippen LogP contribution in [0.5, 0.6) is 0 Å². The topological polar surface area (TPSA) is 87.3 Å². The molecule has 0 aliphatic heterocycles. The van der Waals surface area contributed by atoms with E-state index in [0.29, 0.717) is 13.1 Å². The smallest absolute Gasteiger partial charge is 0.224 e. The van der Waals surface area contributed by atoms with Gasteiger partial charge in [-0.05, 0) is 14.0 Å². The highest BCUT2D eigenvalue weighted by Crippen LogP contribution is 1.90. The first-order valence-corrected chi connectivity index (χ1v) is 6.97.